The lowest BCUT2D eigenvalue weighted by molar-refractivity contribution is -0.151. The molecule has 0 aliphatic heterocycles. The fourth-order valence-electron chi connectivity index (χ4n) is 2.20. The van der Waals surface area contributed by atoms with Crippen molar-refractivity contribution in [3.05, 3.63) is 29.8 Å². The molecule has 0 spiro atoms. The lowest BCUT2D eigenvalue weighted by atomic mass is 10.0. The minimum Gasteiger partial charge on any atom is -0.494 e. The standard InChI is InChI=1S/C19H30N2O4/c1-6-24-15-9-7-14(8-10-15)11-16(19(23)25-13(4)5)21-18(22)17(20)12(2)3/h7-10,12-13,16-17H,6,11,20H2,1-5H3,(H,21,22). The van der Waals surface area contributed by atoms with Gasteiger partial charge in [0.2, 0.25) is 5.91 Å². The highest BCUT2D eigenvalue weighted by atomic mass is 16.5. The van der Waals surface area contributed by atoms with Crippen LogP contribution in [0.4, 0.5) is 0 Å². The van der Waals surface area contributed by atoms with Gasteiger partial charge in [0.05, 0.1) is 18.8 Å². The predicted molar refractivity (Wildman–Crippen MR) is 97.3 cm³/mol. The van der Waals surface area contributed by atoms with Gasteiger partial charge in [-0.15, -0.1) is 0 Å². The van der Waals surface area contributed by atoms with Gasteiger partial charge in [-0.3, -0.25) is 4.79 Å². The van der Waals surface area contributed by atoms with E-state index in [4.69, 9.17) is 15.2 Å². The average molecular weight is 350 g/mol. The van der Waals surface area contributed by atoms with Crippen molar-refractivity contribution in [2.45, 2.75) is 59.2 Å². The Bertz CT molecular complexity index is 555. The van der Waals surface area contributed by atoms with Gasteiger partial charge < -0.3 is 20.5 Å². The summed E-state index contributed by atoms with van der Waals surface area (Å²) in [5, 5.41) is 2.72. The number of ether oxygens (including phenoxy) is 2. The summed E-state index contributed by atoms with van der Waals surface area (Å²) in [5.74, 6) is -0.0782. The van der Waals surface area contributed by atoms with Crippen molar-refractivity contribution >= 4 is 11.9 Å². The fraction of sp³-hybridized carbons (Fsp3) is 0.579. The zero-order valence-corrected chi connectivity index (χ0v) is 15.7. The lowest BCUT2D eigenvalue weighted by Crippen LogP contribution is -2.51. The van der Waals surface area contributed by atoms with E-state index in [9.17, 15) is 9.59 Å². The first-order valence-corrected chi connectivity index (χ1v) is 8.72. The van der Waals surface area contributed by atoms with Crippen LogP contribution in [-0.4, -0.2) is 36.7 Å². The second-order valence-corrected chi connectivity index (χ2v) is 6.60. The van der Waals surface area contributed by atoms with Gasteiger partial charge in [0.15, 0.2) is 0 Å². The van der Waals surface area contributed by atoms with Gasteiger partial charge in [-0.05, 0) is 44.4 Å². The van der Waals surface area contributed by atoms with Crippen molar-refractivity contribution in [3.63, 3.8) is 0 Å². The minimum absolute atomic E-state index is 0.0211. The smallest absolute Gasteiger partial charge is 0.329 e. The Kier molecular flexibility index (Phi) is 8.41. The molecule has 0 fully saturated rings. The number of carbonyl (C=O) groups excluding carboxylic acids is 2. The number of hydrogen-bond acceptors (Lipinski definition) is 5. The average Bonchev–Trinajstić information content (AvgIpc) is 2.54. The summed E-state index contributed by atoms with van der Waals surface area (Å²) >= 11 is 0. The lowest BCUT2D eigenvalue weighted by Gasteiger charge is -2.22. The molecule has 1 aromatic carbocycles. The van der Waals surface area contributed by atoms with E-state index in [2.05, 4.69) is 5.32 Å². The molecule has 0 aliphatic rings. The molecule has 0 saturated heterocycles. The molecule has 1 aromatic rings. The van der Waals surface area contributed by atoms with E-state index >= 15 is 0 Å². The normalized spacial score (nSPS) is 13.4. The summed E-state index contributed by atoms with van der Waals surface area (Å²) in [5.41, 5.74) is 6.77. The van der Waals surface area contributed by atoms with Crippen LogP contribution in [0.2, 0.25) is 0 Å². The predicted octanol–water partition coefficient (Wildman–Crippen LogP) is 2.05. The third-order valence-corrected chi connectivity index (χ3v) is 3.65. The third-order valence-electron chi connectivity index (χ3n) is 3.65. The summed E-state index contributed by atoms with van der Waals surface area (Å²) in [4.78, 5) is 24.6. The molecule has 2 atom stereocenters. The van der Waals surface area contributed by atoms with Gasteiger partial charge in [-0.2, -0.15) is 0 Å². The Balaban J connectivity index is 2.86. The van der Waals surface area contributed by atoms with Gasteiger partial charge in [-0.25, -0.2) is 4.79 Å². The third kappa shape index (κ3) is 7.13. The Morgan fingerprint density at radius 2 is 1.72 bits per heavy atom. The number of amides is 1. The molecule has 0 radical (unpaired) electrons. The van der Waals surface area contributed by atoms with E-state index in [0.717, 1.165) is 11.3 Å². The second-order valence-electron chi connectivity index (χ2n) is 6.60. The summed E-state index contributed by atoms with van der Waals surface area (Å²) in [7, 11) is 0. The highest BCUT2D eigenvalue weighted by molar-refractivity contribution is 5.87. The number of hydrogen-bond donors (Lipinski definition) is 2. The number of esters is 1. The second kappa shape index (κ2) is 10.0. The van der Waals surface area contributed by atoms with Crippen LogP contribution in [0.5, 0.6) is 5.75 Å². The summed E-state index contributed by atoms with van der Waals surface area (Å²) in [6.07, 6.45) is 0.0696. The number of nitrogens with one attached hydrogen (secondary N) is 1. The highest BCUT2D eigenvalue weighted by Gasteiger charge is 2.27. The first-order valence-electron chi connectivity index (χ1n) is 8.72. The Morgan fingerprint density at radius 3 is 2.20 bits per heavy atom. The monoisotopic (exact) mass is 350 g/mol. The Labute approximate surface area is 150 Å². The van der Waals surface area contributed by atoms with Gasteiger partial charge in [-0.1, -0.05) is 26.0 Å². The molecule has 1 amide bonds. The maximum Gasteiger partial charge on any atom is 0.329 e. The number of nitrogens with two attached hydrogens (primary N) is 1. The van der Waals surface area contributed by atoms with Crippen molar-refractivity contribution in [1.82, 2.24) is 5.32 Å². The van der Waals surface area contributed by atoms with E-state index in [0.29, 0.717) is 13.0 Å². The van der Waals surface area contributed by atoms with E-state index in [-0.39, 0.29) is 17.9 Å². The SMILES string of the molecule is CCOc1ccc(CC(NC(=O)C(N)C(C)C)C(=O)OC(C)C)cc1. The van der Waals surface area contributed by atoms with Crippen LogP contribution in [0.15, 0.2) is 24.3 Å². The van der Waals surface area contributed by atoms with Crippen molar-refractivity contribution in [2.75, 3.05) is 6.61 Å². The molecule has 0 aromatic heterocycles. The summed E-state index contributed by atoms with van der Waals surface area (Å²) < 4.78 is 10.7. The van der Waals surface area contributed by atoms with Crippen LogP contribution in [-0.2, 0) is 20.7 Å². The maximum absolute atomic E-state index is 12.4. The van der Waals surface area contributed by atoms with Crippen molar-refractivity contribution in [1.29, 1.82) is 0 Å². The van der Waals surface area contributed by atoms with Crippen molar-refractivity contribution < 1.29 is 19.1 Å². The van der Waals surface area contributed by atoms with Crippen molar-refractivity contribution in [3.8, 4) is 5.75 Å². The fourth-order valence-corrected chi connectivity index (χ4v) is 2.20. The van der Waals surface area contributed by atoms with Gasteiger partial charge >= 0.3 is 5.97 Å². The molecule has 0 heterocycles. The quantitative estimate of drug-likeness (QED) is 0.665. The molecule has 2 unspecified atom stereocenters. The van der Waals surface area contributed by atoms with Crippen molar-refractivity contribution in [2.24, 2.45) is 11.7 Å². The van der Waals surface area contributed by atoms with Crippen LogP contribution in [0.3, 0.4) is 0 Å². The molecular weight excluding hydrogens is 320 g/mol. The van der Waals surface area contributed by atoms with Gasteiger partial charge in [0, 0.05) is 6.42 Å². The van der Waals surface area contributed by atoms with Crippen LogP contribution in [0.25, 0.3) is 0 Å². The van der Waals surface area contributed by atoms with Gasteiger partial charge in [0.1, 0.15) is 11.8 Å². The molecule has 6 nitrogen and oxygen atoms in total. The van der Waals surface area contributed by atoms with Crippen LogP contribution < -0.4 is 15.8 Å². The van der Waals surface area contributed by atoms with E-state index in [1.807, 2.05) is 45.0 Å². The van der Waals surface area contributed by atoms with E-state index in [1.165, 1.54) is 0 Å². The van der Waals surface area contributed by atoms with Crippen LogP contribution in [0, 0.1) is 5.92 Å². The van der Waals surface area contributed by atoms with Gasteiger partial charge in [0.25, 0.3) is 0 Å². The molecule has 25 heavy (non-hydrogen) atoms. The summed E-state index contributed by atoms with van der Waals surface area (Å²) in [6, 6.07) is 5.97. The van der Waals surface area contributed by atoms with E-state index < -0.39 is 18.1 Å². The van der Waals surface area contributed by atoms with Crippen LogP contribution >= 0.6 is 0 Å². The molecule has 6 heteroatoms. The number of carbonyl (C=O) groups is 2. The highest BCUT2D eigenvalue weighted by Crippen LogP contribution is 2.14. The molecule has 1 rings (SSSR count). The van der Waals surface area contributed by atoms with E-state index in [1.54, 1.807) is 13.8 Å². The summed E-state index contributed by atoms with van der Waals surface area (Å²) in [6.45, 7) is 9.77. The topological polar surface area (TPSA) is 90.6 Å². The maximum atomic E-state index is 12.4. The molecule has 3 N–H and O–H groups in total. The molecular formula is C19H30N2O4. The Morgan fingerprint density at radius 1 is 1.12 bits per heavy atom. The first-order chi connectivity index (χ1) is 11.7. The largest absolute Gasteiger partial charge is 0.494 e. The minimum atomic E-state index is -0.780. The molecule has 140 valence electrons. The molecule has 0 bridgehead atoms. The number of benzene rings is 1. The zero-order chi connectivity index (χ0) is 19.0. The first kappa shape index (κ1) is 21.0. The molecule has 0 aliphatic carbocycles. The number of rotatable bonds is 9. The Hall–Kier alpha value is -2.08. The molecule has 0 saturated carbocycles. The van der Waals surface area contributed by atoms with Crippen LogP contribution in [0.1, 0.15) is 40.2 Å². The zero-order valence-electron chi connectivity index (χ0n) is 15.7.